The molecule has 0 amide bonds. The third-order valence-corrected chi connectivity index (χ3v) is 4.05. The fourth-order valence-electron chi connectivity index (χ4n) is 2.85. The van der Waals surface area contributed by atoms with Gasteiger partial charge in [0.05, 0.1) is 5.52 Å². The fraction of sp³-hybridized carbons (Fsp3) is 0.438. The van der Waals surface area contributed by atoms with E-state index in [-0.39, 0.29) is 11.8 Å². The Bertz CT molecular complexity index is 663. The molecule has 1 atom stereocenters. The van der Waals surface area contributed by atoms with E-state index in [1.54, 1.807) is 6.07 Å². The molecule has 3 rings (SSSR count). The van der Waals surface area contributed by atoms with Gasteiger partial charge in [-0.1, -0.05) is 18.2 Å². The molecule has 1 aliphatic heterocycles. The van der Waals surface area contributed by atoms with Crippen molar-refractivity contribution in [2.75, 3.05) is 13.1 Å². The number of nitrogens with zero attached hydrogens (tertiary/aromatic N) is 2. The van der Waals surface area contributed by atoms with E-state index >= 15 is 0 Å². The van der Waals surface area contributed by atoms with E-state index in [1.807, 2.05) is 24.3 Å². The number of likely N-dealkylation sites (tertiary alicyclic amines) is 1. The lowest BCUT2D eigenvalue weighted by molar-refractivity contribution is 0.0357. The monoisotopic (exact) mass is 288 g/mol. The minimum atomic E-state index is -0.968. The molecular weight excluding hydrogens is 268 g/mol. The van der Waals surface area contributed by atoms with Crippen molar-refractivity contribution in [1.82, 2.24) is 9.63 Å². The Kier molecular flexibility index (Phi) is 3.59. The number of carboxylic acids is 1. The van der Waals surface area contributed by atoms with Crippen LogP contribution < -0.4 is 4.84 Å². The van der Waals surface area contributed by atoms with Crippen LogP contribution in [0.5, 0.6) is 0 Å². The van der Waals surface area contributed by atoms with Gasteiger partial charge in [0.2, 0.25) is 0 Å². The molecule has 0 radical (unpaired) electrons. The molecule has 5 heteroatoms. The first-order valence-electron chi connectivity index (χ1n) is 7.31. The highest BCUT2D eigenvalue weighted by Gasteiger charge is 2.27. The Morgan fingerprint density at radius 1 is 1.38 bits per heavy atom. The van der Waals surface area contributed by atoms with Crippen LogP contribution in [0.3, 0.4) is 0 Å². The lowest BCUT2D eigenvalue weighted by Crippen LogP contribution is -2.33. The van der Waals surface area contributed by atoms with Crippen LogP contribution in [0.4, 0.5) is 0 Å². The summed E-state index contributed by atoms with van der Waals surface area (Å²) in [5.74, 6) is -0.968. The van der Waals surface area contributed by atoms with Gasteiger partial charge in [0.1, 0.15) is 6.10 Å². The van der Waals surface area contributed by atoms with Gasteiger partial charge in [0.25, 0.3) is 0 Å². The molecule has 1 N–H and O–H groups in total. The van der Waals surface area contributed by atoms with Crippen molar-refractivity contribution in [3.8, 4) is 0 Å². The zero-order valence-corrected chi connectivity index (χ0v) is 12.3. The predicted octanol–water partition coefficient (Wildman–Crippen LogP) is 2.25. The molecule has 1 fully saturated rings. The molecule has 2 aromatic rings. The van der Waals surface area contributed by atoms with E-state index in [4.69, 9.17) is 4.84 Å². The second-order valence-corrected chi connectivity index (χ2v) is 5.79. The molecule has 5 nitrogen and oxygen atoms in total. The molecule has 0 spiro atoms. The molecule has 1 saturated heterocycles. The standard InChI is InChI=1S/C16H20N2O3/c1-11(2)17-8-7-13(10-17)21-18-14-6-4-3-5-12(14)9-15(18)16(19)20/h3-6,9,11,13H,7-8,10H2,1-2H3,(H,19,20). The second kappa shape index (κ2) is 5.41. The van der Waals surface area contributed by atoms with Crippen molar-refractivity contribution in [3.63, 3.8) is 0 Å². The third-order valence-electron chi connectivity index (χ3n) is 4.05. The van der Waals surface area contributed by atoms with Gasteiger partial charge in [-0.2, -0.15) is 4.73 Å². The zero-order valence-electron chi connectivity index (χ0n) is 12.3. The highest BCUT2D eigenvalue weighted by atomic mass is 16.7. The summed E-state index contributed by atoms with van der Waals surface area (Å²) in [6.07, 6.45) is 0.949. The molecular formula is C16H20N2O3. The number of aromatic carboxylic acids is 1. The summed E-state index contributed by atoms with van der Waals surface area (Å²) in [5.41, 5.74) is 0.983. The zero-order chi connectivity index (χ0) is 15.0. The maximum Gasteiger partial charge on any atom is 0.356 e. The van der Waals surface area contributed by atoms with Gasteiger partial charge >= 0.3 is 5.97 Å². The molecule has 0 aliphatic carbocycles. The Labute approximate surface area is 123 Å². The largest absolute Gasteiger partial charge is 0.476 e. The summed E-state index contributed by atoms with van der Waals surface area (Å²) in [4.78, 5) is 19.8. The summed E-state index contributed by atoms with van der Waals surface area (Å²) in [7, 11) is 0. The van der Waals surface area contributed by atoms with Gasteiger partial charge < -0.3 is 9.94 Å². The van der Waals surface area contributed by atoms with Gasteiger partial charge in [-0.05, 0) is 26.0 Å². The van der Waals surface area contributed by atoms with Crippen molar-refractivity contribution < 1.29 is 14.7 Å². The maximum atomic E-state index is 11.4. The molecule has 2 heterocycles. The fourth-order valence-corrected chi connectivity index (χ4v) is 2.85. The maximum absolute atomic E-state index is 11.4. The Balaban J connectivity index is 1.89. The van der Waals surface area contributed by atoms with Gasteiger partial charge in [-0.3, -0.25) is 4.90 Å². The Morgan fingerprint density at radius 2 is 2.14 bits per heavy atom. The van der Waals surface area contributed by atoms with Crippen molar-refractivity contribution in [3.05, 3.63) is 36.0 Å². The smallest absolute Gasteiger partial charge is 0.356 e. The number of fused-ring (bicyclic) bond motifs is 1. The lowest BCUT2D eigenvalue weighted by Gasteiger charge is -2.21. The lowest BCUT2D eigenvalue weighted by atomic mass is 10.2. The minimum Gasteiger partial charge on any atom is -0.476 e. The number of carboxylic acid groups (broad SMARTS) is 1. The van der Waals surface area contributed by atoms with E-state index < -0.39 is 5.97 Å². The first-order chi connectivity index (χ1) is 10.1. The second-order valence-electron chi connectivity index (χ2n) is 5.79. The van der Waals surface area contributed by atoms with Crippen LogP contribution in [-0.4, -0.2) is 45.9 Å². The number of para-hydroxylation sites is 1. The summed E-state index contributed by atoms with van der Waals surface area (Å²) >= 11 is 0. The molecule has 0 bridgehead atoms. The molecule has 1 aromatic carbocycles. The van der Waals surface area contributed by atoms with E-state index in [0.29, 0.717) is 6.04 Å². The SMILES string of the molecule is CC(C)N1CCC(On2c(C(=O)O)cc3ccccc32)C1. The van der Waals surface area contributed by atoms with E-state index in [2.05, 4.69) is 18.7 Å². The minimum absolute atomic E-state index is 0.0290. The molecule has 1 aromatic heterocycles. The van der Waals surface area contributed by atoms with Crippen molar-refractivity contribution in [2.24, 2.45) is 0 Å². The average Bonchev–Trinajstić information content (AvgIpc) is 3.05. The number of benzene rings is 1. The Morgan fingerprint density at radius 3 is 2.81 bits per heavy atom. The average molecular weight is 288 g/mol. The number of hydrogen-bond donors (Lipinski definition) is 1. The highest BCUT2D eigenvalue weighted by Crippen LogP contribution is 2.21. The molecule has 21 heavy (non-hydrogen) atoms. The van der Waals surface area contributed by atoms with Gasteiger partial charge in [0.15, 0.2) is 5.69 Å². The number of aromatic nitrogens is 1. The van der Waals surface area contributed by atoms with Crippen LogP contribution >= 0.6 is 0 Å². The van der Waals surface area contributed by atoms with Crippen LogP contribution in [0.2, 0.25) is 0 Å². The Hall–Kier alpha value is -2.01. The van der Waals surface area contributed by atoms with E-state index in [9.17, 15) is 9.90 Å². The van der Waals surface area contributed by atoms with Crippen molar-refractivity contribution >= 4 is 16.9 Å². The topological polar surface area (TPSA) is 54.7 Å². The number of rotatable bonds is 4. The van der Waals surface area contributed by atoms with Crippen LogP contribution in [0.1, 0.15) is 30.8 Å². The number of hydrogen-bond acceptors (Lipinski definition) is 3. The van der Waals surface area contributed by atoms with Crippen LogP contribution in [0.15, 0.2) is 30.3 Å². The van der Waals surface area contributed by atoms with Gasteiger partial charge in [-0.25, -0.2) is 4.79 Å². The molecule has 0 saturated carbocycles. The van der Waals surface area contributed by atoms with Crippen LogP contribution in [0.25, 0.3) is 10.9 Å². The van der Waals surface area contributed by atoms with Crippen LogP contribution in [-0.2, 0) is 0 Å². The predicted molar refractivity (Wildman–Crippen MR) is 80.6 cm³/mol. The first-order valence-corrected chi connectivity index (χ1v) is 7.31. The third kappa shape index (κ3) is 2.61. The van der Waals surface area contributed by atoms with Crippen molar-refractivity contribution in [2.45, 2.75) is 32.4 Å². The summed E-state index contributed by atoms with van der Waals surface area (Å²) in [5, 5.41) is 10.3. The number of carbonyl (C=O) groups is 1. The quantitative estimate of drug-likeness (QED) is 0.937. The summed E-state index contributed by atoms with van der Waals surface area (Å²) in [6.45, 7) is 6.15. The normalized spacial score (nSPS) is 19.5. The molecule has 1 unspecified atom stereocenters. The molecule has 112 valence electrons. The van der Waals surface area contributed by atoms with Crippen molar-refractivity contribution in [1.29, 1.82) is 0 Å². The summed E-state index contributed by atoms with van der Waals surface area (Å²) in [6, 6.07) is 9.72. The first kappa shape index (κ1) is 13.9. The molecule has 1 aliphatic rings. The van der Waals surface area contributed by atoms with E-state index in [1.165, 1.54) is 4.73 Å². The van der Waals surface area contributed by atoms with Gasteiger partial charge in [0, 0.05) is 30.9 Å². The summed E-state index contributed by atoms with van der Waals surface area (Å²) < 4.78 is 1.48. The van der Waals surface area contributed by atoms with E-state index in [0.717, 1.165) is 30.4 Å². The highest BCUT2D eigenvalue weighted by molar-refractivity contribution is 5.94. The van der Waals surface area contributed by atoms with Gasteiger partial charge in [-0.15, -0.1) is 0 Å². The van der Waals surface area contributed by atoms with Crippen LogP contribution in [0, 0.1) is 0 Å².